The van der Waals surface area contributed by atoms with E-state index in [1.54, 1.807) is 0 Å². The summed E-state index contributed by atoms with van der Waals surface area (Å²) in [6.07, 6.45) is 0. The van der Waals surface area contributed by atoms with Crippen molar-refractivity contribution >= 4 is 0 Å². The van der Waals surface area contributed by atoms with E-state index in [0.717, 1.165) is 0 Å². The molecule has 0 radical (unpaired) electrons. The van der Waals surface area contributed by atoms with Gasteiger partial charge in [0.15, 0.2) is 0 Å². The molecule has 24 valence electrons. The molecule has 3 nitrogen and oxygen atoms in total. The van der Waals surface area contributed by atoms with Gasteiger partial charge in [-0.2, -0.15) is 0 Å². The van der Waals surface area contributed by atoms with E-state index in [1.165, 1.54) is 0 Å². The molecule has 2 N–H and O–H groups in total. The third kappa shape index (κ3) is 18.8. The van der Waals surface area contributed by atoms with Crippen LogP contribution in [0, 0.1) is 0 Å². The first kappa shape index (κ1) is 4.59. The van der Waals surface area contributed by atoms with Crippen molar-refractivity contribution in [3.05, 3.63) is 0 Å². The third-order valence-electron chi connectivity index (χ3n) is 0. The summed E-state index contributed by atoms with van der Waals surface area (Å²) in [5, 5.41) is 0. The van der Waals surface area contributed by atoms with Crippen LogP contribution in [0.5, 0.6) is 0 Å². The molecule has 0 unspecified atom stereocenters. The second kappa shape index (κ2) is 1.87. The fourth-order valence-electron chi connectivity index (χ4n) is 0. The van der Waals surface area contributed by atoms with Gasteiger partial charge in [-0.3, -0.25) is 0 Å². The SMILES string of the molecule is [O]=[Hf]([OH])[OH]. The van der Waals surface area contributed by atoms with Crippen molar-refractivity contribution in [3.63, 3.8) is 0 Å². The first-order valence-electron chi connectivity index (χ1n) is 0.651. The molecule has 4 heavy (non-hydrogen) atoms. The third-order valence-corrected chi connectivity index (χ3v) is 0. The van der Waals surface area contributed by atoms with Gasteiger partial charge in [0.1, 0.15) is 0 Å². The first-order valence-corrected chi connectivity index (χ1v) is 5.33. The van der Waals surface area contributed by atoms with E-state index in [9.17, 15) is 0 Å². The predicted molar refractivity (Wildman–Crippen MR) is 5.12 cm³/mol. The normalized spacial score (nSPS) is 6.50. The predicted octanol–water partition coefficient (Wildman–Crippen LogP) is -1.24. The molecule has 0 saturated carbocycles. The van der Waals surface area contributed by atoms with Crippen LogP contribution in [0.1, 0.15) is 0 Å². The van der Waals surface area contributed by atoms with Gasteiger partial charge < -0.3 is 0 Å². The van der Waals surface area contributed by atoms with E-state index in [1.807, 2.05) is 0 Å². The second-order valence-electron chi connectivity index (χ2n) is 0.283. The van der Waals surface area contributed by atoms with Crippen LogP contribution in [-0.2, 0) is 25.2 Å². The van der Waals surface area contributed by atoms with Crippen molar-refractivity contribution in [2.45, 2.75) is 0 Å². The second-order valence-corrected chi connectivity index (χ2v) is 2.31. The zero-order valence-corrected chi connectivity index (χ0v) is 5.40. The Morgan fingerprint density at radius 2 is 1.50 bits per heavy atom. The zero-order chi connectivity index (χ0) is 3.58. The van der Waals surface area contributed by atoms with Crippen molar-refractivity contribution in [2.75, 3.05) is 0 Å². The monoisotopic (exact) mass is 230 g/mol. The van der Waals surface area contributed by atoms with Crippen LogP contribution in [0.2, 0.25) is 0 Å². The zero-order valence-electron chi connectivity index (χ0n) is 1.80. The molecular formula is H2HfO3. The van der Waals surface area contributed by atoms with E-state index in [-0.39, 0.29) is 0 Å². The summed E-state index contributed by atoms with van der Waals surface area (Å²) in [6.45, 7) is 0. The average molecular weight is 229 g/mol. The molecule has 0 aromatic carbocycles. The maximum atomic E-state index is 8.85. The summed E-state index contributed by atoms with van der Waals surface area (Å²) < 4.78 is 23.4. The molecule has 0 aliphatic rings. The Morgan fingerprint density at radius 3 is 1.50 bits per heavy atom. The molecule has 0 heterocycles. The van der Waals surface area contributed by atoms with Crippen LogP contribution in [0.4, 0.5) is 0 Å². The standard InChI is InChI=1S/Hf.2H2O.O/h;2*1H2;/q+2;;;/p-2. The molecule has 0 bridgehead atoms. The van der Waals surface area contributed by atoms with Gasteiger partial charge in [0.25, 0.3) is 0 Å². The fourth-order valence-corrected chi connectivity index (χ4v) is 0. The van der Waals surface area contributed by atoms with Crippen LogP contribution < -0.4 is 0 Å². The number of hydrogen-bond donors (Lipinski definition) is 2. The van der Waals surface area contributed by atoms with Crippen molar-refractivity contribution in [2.24, 2.45) is 0 Å². The van der Waals surface area contributed by atoms with Gasteiger partial charge in [-0.05, 0) is 0 Å². The Balaban J connectivity index is 2.80. The molecular weight excluding hydrogens is 226 g/mol. The Morgan fingerprint density at radius 1 is 1.50 bits per heavy atom. The van der Waals surface area contributed by atoms with Crippen LogP contribution in [-0.4, -0.2) is 6.45 Å². The fraction of sp³-hybridized carbons (Fsp3) is 0. The quantitative estimate of drug-likeness (QED) is 0.510. The molecule has 0 aromatic heterocycles. The molecule has 0 amide bonds. The van der Waals surface area contributed by atoms with E-state index >= 15 is 0 Å². The molecule has 4 heteroatoms. The Hall–Kier alpha value is 0.590. The molecule has 0 spiro atoms. The van der Waals surface area contributed by atoms with Crippen LogP contribution in [0.3, 0.4) is 0 Å². The summed E-state index contributed by atoms with van der Waals surface area (Å²) in [6, 6.07) is 0. The average Bonchev–Trinajstić information content (AvgIpc) is 0.811. The van der Waals surface area contributed by atoms with Gasteiger partial charge in [0.05, 0.1) is 0 Å². The molecule has 0 fully saturated rings. The van der Waals surface area contributed by atoms with Gasteiger partial charge in [0, 0.05) is 0 Å². The Kier molecular flexibility index (Phi) is 2.14. The van der Waals surface area contributed by atoms with E-state index in [2.05, 4.69) is 0 Å². The van der Waals surface area contributed by atoms with Gasteiger partial charge in [-0.15, -0.1) is 0 Å². The van der Waals surface area contributed by atoms with Crippen molar-refractivity contribution < 1.29 is 31.6 Å². The van der Waals surface area contributed by atoms with Gasteiger partial charge in [0.2, 0.25) is 0 Å². The van der Waals surface area contributed by atoms with E-state index in [0.29, 0.717) is 0 Å². The summed E-state index contributed by atoms with van der Waals surface area (Å²) in [5.41, 5.74) is 0. The minimum atomic E-state index is -3.91. The van der Waals surface area contributed by atoms with Crippen LogP contribution in [0.25, 0.3) is 0 Å². The number of hydrogen-bond acceptors (Lipinski definition) is 1. The minimum absolute atomic E-state index is 3.91. The molecule has 0 rings (SSSR count). The Labute approximate surface area is 32.1 Å². The van der Waals surface area contributed by atoms with Gasteiger partial charge in [-0.25, -0.2) is 0 Å². The van der Waals surface area contributed by atoms with Crippen molar-refractivity contribution in [3.8, 4) is 0 Å². The summed E-state index contributed by atoms with van der Waals surface area (Å²) >= 11 is -3.91. The topological polar surface area (TPSA) is 57.5 Å². The van der Waals surface area contributed by atoms with Gasteiger partial charge >= 0.3 is 31.6 Å². The molecule has 0 aliphatic carbocycles. The maximum absolute atomic E-state index is 8.85. The van der Waals surface area contributed by atoms with E-state index < -0.39 is 22.3 Å². The molecule has 0 aliphatic heterocycles. The van der Waals surface area contributed by atoms with Crippen LogP contribution in [0.15, 0.2) is 0 Å². The van der Waals surface area contributed by atoms with E-state index in [4.69, 9.17) is 9.30 Å². The first-order chi connectivity index (χ1) is 1.73. The summed E-state index contributed by atoms with van der Waals surface area (Å²) in [7, 11) is 0. The van der Waals surface area contributed by atoms with Crippen molar-refractivity contribution in [1.29, 1.82) is 0 Å². The molecule has 0 aromatic rings. The number of rotatable bonds is 0. The summed E-state index contributed by atoms with van der Waals surface area (Å²) in [5.74, 6) is 0. The summed E-state index contributed by atoms with van der Waals surface area (Å²) in [4.78, 5) is 0. The molecule has 0 atom stereocenters. The van der Waals surface area contributed by atoms with Gasteiger partial charge in [-0.1, -0.05) is 0 Å². The van der Waals surface area contributed by atoms with Crippen LogP contribution >= 0.6 is 0 Å². The Bertz CT molecular complexity index is 26.3. The van der Waals surface area contributed by atoms with Crippen molar-refractivity contribution in [1.82, 2.24) is 0 Å². The molecule has 0 saturated heterocycles.